The van der Waals surface area contributed by atoms with E-state index in [4.69, 9.17) is 21.1 Å². The first-order chi connectivity index (χ1) is 9.08. The minimum absolute atomic E-state index is 0.278. The summed E-state index contributed by atoms with van der Waals surface area (Å²) < 4.78 is 10.2. The van der Waals surface area contributed by atoms with Gasteiger partial charge in [-0.25, -0.2) is 4.79 Å². The maximum Gasteiger partial charge on any atom is 0.341 e. The van der Waals surface area contributed by atoms with Crippen LogP contribution in [0.1, 0.15) is 22.8 Å². The van der Waals surface area contributed by atoms with E-state index >= 15 is 0 Å². The van der Waals surface area contributed by atoms with Crippen molar-refractivity contribution in [3.63, 3.8) is 0 Å². The number of pyridine rings is 1. The number of hydrogen-bond acceptors (Lipinski definition) is 4. The Morgan fingerprint density at radius 3 is 2.79 bits per heavy atom. The van der Waals surface area contributed by atoms with Gasteiger partial charge in [-0.1, -0.05) is 11.6 Å². The first kappa shape index (κ1) is 13.6. The van der Waals surface area contributed by atoms with Gasteiger partial charge in [0, 0.05) is 17.6 Å². The lowest BCUT2D eigenvalue weighted by Gasteiger charge is -2.10. The molecule has 4 nitrogen and oxygen atoms in total. The van der Waals surface area contributed by atoms with Crippen molar-refractivity contribution in [2.45, 2.75) is 13.8 Å². The molecule has 0 N–H and O–H groups in total. The third-order valence-electron chi connectivity index (χ3n) is 2.81. The predicted octanol–water partition coefficient (Wildman–Crippen LogP) is 3.38. The van der Waals surface area contributed by atoms with Gasteiger partial charge in [-0.15, -0.1) is 0 Å². The molecule has 0 saturated carbocycles. The summed E-state index contributed by atoms with van der Waals surface area (Å²) in [6, 6.07) is 3.65. The maximum absolute atomic E-state index is 11.7. The average Bonchev–Trinajstić information content (AvgIpc) is 2.39. The molecular formula is C14H14ClNO3. The summed E-state index contributed by atoms with van der Waals surface area (Å²) in [5, 5.41) is 1.07. The van der Waals surface area contributed by atoms with Crippen LogP contribution in [0.15, 0.2) is 18.3 Å². The molecule has 0 amide bonds. The number of aryl methyl sites for hydroxylation is 1. The summed E-state index contributed by atoms with van der Waals surface area (Å²) in [5.41, 5.74) is 1.89. The number of carbonyl (C=O) groups excluding carboxylic acids is 1. The fourth-order valence-electron chi connectivity index (χ4n) is 1.87. The number of aromatic nitrogens is 1. The molecule has 5 heteroatoms. The Labute approximate surface area is 116 Å². The number of fused-ring (bicyclic) bond motifs is 1. The molecule has 1 heterocycles. The third kappa shape index (κ3) is 2.49. The largest absolute Gasteiger partial charge is 0.496 e. The van der Waals surface area contributed by atoms with Crippen LogP contribution in [0.25, 0.3) is 10.9 Å². The molecule has 0 unspecified atom stereocenters. The molecule has 1 aromatic carbocycles. The molecule has 0 aliphatic carbocycles. The number of esters is 1. The monoisotopic (exact) mass is 279 g/mol. The molecule has 0 atom stereocenters. The molecule has 1 aromatic heterocycles. The van der Waals surface area contributed by atoms with Crippen molar-refractivity contribution in [2.75, 3.05) is 13.7 Å². The van der Waals surface area contributed by atoms with E-state index in [0.29, 0.717) is 22.5 Å². The van der Waals surface area contributed by atoms with Gasteiger partial charge in [0.25, 0.3) is 0 Å². The zero-order valence-electron chi connectivity index (χ0n) is 11.0. The van der Waals surface area contributed by atoms with Crippen molar-refractivity contribution >= 4 is 28.5 Å². The summed E-state index contributed by atoms with van der Waals surface area (Å²) in [5.74, 6) is 0.273. The van der Waals surface area contributed by atoms with Crippen LogP contribution >= 0.6 is 11.6 Å². The highest BCUT2D eigenvalue weighted by Gasteiger charge is 2.16. The minimum Gasteiger partial charge on any atom is -0.496 e. The Morgan fingerprint density at radius 1 is 1.42 bits per heavy atom. The van der Waals surface area contributed by atoms with E-state index in [-0.39, 0.29) is 5.56 Å². The topological polar surface area (TPSA) is 48.4 Å². The van der Waals surface area contributed by atoms with Gasteiger partial charge >= 0.3 is 5.97 Å². The van der Waals surface area contributed by atoms with Gasteiger partial charge in [-0.3, -0.25) is 4.98 Å². The zero-order valence-corrected chi connectivity index (χ0v) is 11.7. The quantitative estimate of drug-likeness (QED) is 0.808. The second kappa shape index (κ2) is 5.45. The molecule has 2 rings (SSSR count). The van der Waals surface area contributed by atoms with Crippen LogP contribution in [-0.2, 0) is 4.74 Å². The number of hydrogen-bond donors (Lipinski definition) is 0. The molecular weight excluding hydrogens is 266 g/mol. The van der Waals surface area contributed by atoms with Crippen molar-refractivity contribution in [3.05, 3.63) is 34.5 Å². The number of ether oxygens (including phenoxy) is 2. The van der Waals surface area contributed by atoms with Crippen LogP contribution in [0.5, 0.6) is 5.75 Å². The maximum atomic E-state index is 11.7. The predicted molar refractivity (Wildman–Crippen MR) is 74.0 cm³/mol. The van der Waals surface area contributed by atoms with Gasteiger partial charge in [-0.2, -0.15) is 0 Å². The highest BCUT2D eigenvalue weighted by Crippen LogP contribution is 2.31. The SMILES string of the molecule is CCOC(=O)c1cnc2cc(OC)c(C)cc2c1Cl. The van der Waals surface area contributed by atoms with Crippen LogP contribution in [0, 0.1) is 6.92 Å². The van der Waals surface area contributed by atoms with Gasteiger partial charge in [-0.05, 0) is 25.5 Å². The first-order valence-electron chi connectivity index (χ1n) is 5.88. The van der Waals surface area contributed by atoms with Gasteiger partial charge < -0.3 is 9.47 Å². The normalized spacial score (nSPS) is 10.5. The van der Waals surface area contributed by atoms with E-state index in [9.17, 15) is 4.79 Å². The lowest BCUT2D eigenvalue weighted by Crippen LogP contribution is -2.06. The Hall–Kier alpha value is -1.81. The molecule has 0 bridgehead atoms. The molecule has 0 radical (unpaired) electrons. The fraction of sp³-hybridized carbons (Fsp3) is 0.286. The standard InChI is InChI=1S/C14H14ClNO3/c1-4-19-14(17)10-7-16-11-6-12(18-3)8(2)5-9(11)13(10)15/h5-7H,4H2,1-3H3. The second-order valence-electron chi connectivity index (χ2n) is 4.05. The van der Waals surface area contributed by atoms with E-state index in [1.165, 1.54) is 6.20 Å². The molecule has 0 spiro atoms. The zero-order chi connectivity index (χ0) is 14.0. The summed E-state index contributed by atoms with van der Waals surface area (Å²) in [7, 11) is 1.60. The molecule has 19 heavy (non-hydrogen) atoms. The van der Waals surface area contributed by atoms with Gasteiger partial charge in [0.05, 0.1) is 29.8 Å². The number of benzene rings is 1. The van der Waals surface area contributed by atoms with E-state index < -0.39 is 5.97 Å². The van der Waals surface area contributed by atoms with E-state index in [0.717, 1.165) is 11.3 Å². The number of halogens is 1. The van der Waals surface area contributed by atoms with E-state index in [1.54, 1.807) is 20.1 Å². The fourth-order valence-corrected chi connectivity index (χ4v) is 2.14. The lowest BCUT2D eigenvalue weighted by atomic mass is 10.1. The van der Waals surface area contributed by atoms with Crippen molar-refractivity contribution in [3.8, 4) is 5.75 Å². The van der Waals surface area contributed by atoms with Crippen LogP contribution in [0.2, 0.25) is 5.02 Å². The number of nitrogens with zero attached hydrogens (tertiary/aromatic N) is 1. The highest BCUT2D eigenvalue weighted by molar-refractivity contribution is 6.38. The Bertz CT molecular complexity index is 640. The Kier molecular flexibility index (Phi) is 3.90. The number of carbonyl (C=O) groups is 1. The van der Waals surface area contributed by atoms with E-state index in [2.05, 4.69) is 4.98 Å². The molecule has 2 aromatic rings. The van der Waals surface area contributed by atoms with Crippen molar-refractivity contribution in [2.24, 2.45) is 0 Å². The molecule has 100 valence electrons. The number of rotatable bonds is 3. The van der Waals surface area contributed by atoms with Crippen LogP contribution in [-0.4, -0.2) is 24.7 Å². The van der Waals surface area contributed by atoms with Crippen molar-refractivity contribution < 1.29 is 14.3 Å². The third-order valence-corrected chi connectivity index (χ3v) is 3.22. The highest BCUT2D eigenvalue weighted by atomic mass is 35.5. The Morgan fingerprint density at radius 2 is 2.16 bits per heavy atom. The van der Waals surface area contributed by atoms with Crippen LogP contribution in [0.4, 0.5) is 0 Å². The van der Waals surface area contributed by atoms with Gasteiger partial charge in [0.1, 0.15) is 5.75 Å². The summed E-state index contributed by atoms with van der Waals surface area (Å²) in [4.78, 5) is 16.0. The first-order valence-corrected chi connectivity index (χ1v) is 6.26. The van der Waals surface area contributed by atoms with Crippen LogP contribution in [0.3, 0.4) is 0 Å². The molecule has 0 aliphatic rings. The Balaban J connectivity index is 2.61. The summed E-state index contributed by atoms with van der Waals surface area (Å²) in [6.07, 6.45) is 1.43. The van der Waals surface area contributed by atoms with E-state index in [1.807, 2.05) is 13.0 Å². The molecule has 0 saturated heterocycles. The van der Waals surface area contributed by atoms with Gasteiger partial charge in [0.2, 0.25) is 0 Å². The molecule has 0 aliphatic heterocycles. The lowest BCUT2D eigenvalue weighted by molar-refractivity contribution is 0.0526. The number of methoxy groups -OCH3 is 1. The van der Waals surface area contributed by atoms with Gasteiger partial charge in [0.15, 0.2) is 0 Å². The van der Waals surface area contributed by atoms with Crippen molar-refractivity contribution in [1.29, 1.82) is 0 Å². The van der Waals surface area contributed by atoms with Crippen molar-refractivity contribution in [1.82, 2.24) is 4.98 Å². The molecule has 0 fully saturated rings. The minimum atomic E-state index is -0.463. The summed E-state index contributed by atoms with van der Waals surface area (Å²) in [6.45, 7) is 3.95. The van der Waals surface area contributed by atoms with Crippen LogP contribution < -0.4 is 4.74 Å². The summed E-state index contributed by atoms with van der Waals surface area (Å²) >= 11 is 6.26. The average molecular weight is 280 g/mol. The second-order valence-corrected chi connectivity index (χ2v) is 4.42. The smallest absolute Gasteiger partial charge is 0.341 e.